The fourth-order valence-electron chi connectivity index (χ4n) is 5.62. The summed E-state index contributed by atoms with van der Waals surface area (Å²) in [5, 5.41) is 0. The summed E-state index contributed by atoms with van der Waals surface area (Å²) in [6, 6.07) is 7.28. The average molecular weight is 802 g/mol. The normalized spacial score (nSPS) is 11.5. The van der Waals surface area contributed by atoms with E-state index in [0.717, 1.165) is 18.8 Å². The zero-order valence-corrected chi connectivity index (χ0v) is 35.5. The summed E-state index contributed by atoms with van der Waals surface area (Å²) in [6.45, 7) is 13.8. The minimum atomic E-state index is 0.479. The summed E-state index contributed by atoms with van der Waals surface area (Å²) in [5.74, 6) is 0.776. The molecule has 0 atom stereocenters. The van der Waals surface area contributed by atoms with Crippen LogP contribution in [-0.2, 0) is 47.4 Å². The predicted molar refractivity (Wildman–Crippen MR) is 224 cm³/mol. The lowest BCUT2D eigenvalue weighted by Gasteiger charge is -2.09. The predicted octanol–water partition coefficient (Wildman–Crippen LogP) is 8.08. The number of hydrogen-bond acceptors (Lipinski definition) is 12. The van der Waals surface area contributed by atoms with E-state index < -0.39 is 0 Å². The first kappa shape index (κ1) is 52.4. The first-order chi connectivity index (χ1) is 27.8. The average Bonchev–Trinajstić information content (AvgIpc) is 3.21. The highest BCUT2D eigenvalue weighted by atomic mass is 16.6. The number of unbranched alkanes of at least 4 members (excludes halogenated alkanes) is 15. The Morgan fingerprint density at radius 2 is 0.518 bits per heavy atom. The van der Waals surface area contributed by atoms with E-state index in [0.29, 0.717) is 138 Å². The Morgan fingerprint density at radius 1 is 0.286 bits per heavy atom. The van der Waals surface area contributed by atoms with Crippen molar-refractivity contribution in [2.75, 3.05) is 144 Å². The van der Waals surface area contributed by atoms with Crippen molar-refractivity contribution in [3.05, 3.63) is 24.3 Å². The van der Waals surface area contributed by atoms with Crippen LogP contribution in [0.1, 0.15) is 110 Å². The number of ether oxygens (including phenoxy) is 11. The largest absolute Gasteiger partial charge is 0.491 e. The van der Waals surface area contributed by atoms with Crippen molar-refractivity contribution in [2.45, 2.75) is 110 Å². The number of anilines is 1. The molecule has 0 bridgehead atoms. The standard InChI is InChI=1S/C44H83NO11/c1-2-3-4-5-6-7-8-9-10-11-12-13-14-15-16-17-22-46-23-24-47-25-26-48-27-28-49-29-30-50-31-32-51-33-34-52-35-36-53-37-38-54-39-40-55-41-42-56-44-20-18-43(45)19-21-44/h18-21H,2-17,22-42,45H2,1H3. The maximum atomic E-state index is 5.70. The molecule has 1 rings (SSSR count). The number of nitrogen functional groups attached to an aromatic ring is 1. The van der Waals surface area contributed by atoms with E-state index in [1.165, 1.54) is 96.3 Å². The van der Waals surface area contributed by atoms with Crippen molar-refractivity contribution in [1.82, 2.24) is 0 Å². The fourth-order valence-corrected chi connectivity index (χ4v) is 5.62. The van der Waals surface area contributed by atoms with Gasteiger partial charge >= 0.3 is 0 Å². The van der Waals surface area contributed by atoms with Gasteiger partial charge in [0, 0.05) is 12.3 Å². The molecule has 0 unspecified atom stereocenters. The Labute approximate surface area is 341 Å². The van der Waals surface area contributed by atoms with E-state index >= 15 is 0 Å². The summed E-state index contributed by atoms with van der Waals surface area (Å²) in [7, 11) is 0. The van der Waals surface area contributed by atoms with Crippen LogP contribution in [0.4, 0.5) is 5.69 Å². The van der Waals surface area contributed by atoms with Gasteiger partial charge in [-0.05, 0) is 30.7 Å². The second-order valence-corrected chi connectivity index (χ2v) is 13.8. The van der Waals surface area contributed by atoms with Gasteiger partial charge in [0.15, 0.2) is 0 Å². The van der Waals surface area contributed by atoms with Gasteiger partial charge in [0.25, 0.3) is 0 Å². The van der Waals surface area contributed by atoms with E-state index in [1.807, 2.05) is 12.1 Å². The van der Waals surface area contributed by atoms with Gasteiger partial charge in [0.05, 0.1) is 126 Å². The van der Waals surface area contributed by atoms with E-state index in [2.05, 4.69) is 6.92 Å². The Hall–Kier alpha value is -1.58. The number of benzene rings is 1. The van der Waals surface area contributed by atoms with E-state index in [-0.39, 0.29) is 0 Å². The lowest BCUT2D eigenvalue weighted by Crippen LogP contribution is -2.15. The van der Waals surface area contributed by atoms with Gasteiger partial charge in [0.2, 0.25) is 0 Å². The molecule has 0 heterocycles. The Kier molecular flexibility index (Phi) is 43.2. The first-order valence-corrected chi connectivity index (χ1v) is 22.1. The second-order valence-electron chi connectivity index (χ2n) is 13.8. The lowest BCUT2D eigenvalue weighted by molar-refractivity contribution is -0.0267. The monoisotopic (exact) mass is 802 g/mol. The Balaban J connectivity index is 1.60. The number of nitrogens with two attached hydrogens (primary N) is 1. The Bertz CT molecular complexity index is 868. The van der Waals surface area contributed by atoms with Crippen LogP contribution in [0.3, 0.4) is 0 Å². The molecule has 0 saturated heterocycles. The third-order valence-corrected chi connectivity index (χ3v) is 8.87. The molecule has 12 heteroatoms. The molecule has 0 aliphatic rings. The van der Waals surface area contributed by atoms with Gasteiger partial charge in [-0.25, -0.2) is 0 Å². The summed E-state index contributed by atoms with van der Waals surface area (Å²) in [6.07, 6.45) is 22.2. The quantitative estimate of drug-likeness (QED) is 0.0506. The van der Waals surface area contributed by atoms with Crippen LogP contribution in [0.5, 0.6) is 5.75 Å². The minimum Gasteiger partial charge on any atom is -0.491 e. The van der Waals surface area contributed by atoms with Gasteiger partial charge < -0.3 is 57.8 Å². The molecule has 330 valence electrons. The van der Waals surface area contributed by atoms with Gasteiger partial charge in [-0.15, -0.1) is 0 Å². The zero-order valence-electron chi connectivity index (χ0n) is 35.5. The topological polar surface area (TPSA) is 128 Å². The maximum absolute atomic E-state index is 5.70. The highest BCUT2D eigenvalue weighted by molar-refractivity contribution is 5.41. The SMILES string of the molecule is CCCCCCCCCCCCCCCCCCOCCOCCOCCOCCOCCOCCOCCOCCOCCOCCOc1ccc(N)cc1. The summed E-state index contributed by atoms with van der Waals surface area (Å²) >= 11 is 0. The van der Waals surface area contributed by atoms with Crippen LogP contribution in [0, 0.1) is 0 Å². The molecule has 0 aliphatic heterocycles. The molecular formula is C44H83NO11. The second kappa shape index (κ2) is 46.1. The van der Waals surface area contributed by atoms with Gasteiger partial charge in [-0.2, -0.15) is 0 Å². The van der Waals surface area contributed by atoms with Crippen LogP contribution in [0.2, 0.25) is 0 Å². The highest BCUT2D eigenvalue weighted by Crippen LogP contribution is 2.14. The van der Waals surface area contributed by atoms with Crippen LogP contribution >= 0.6 is 0 Å². The molecule has 0 spiro atoms. The molecule has 56 heavy (non-hydrogen) atoms. The summed E-state index contributed by atoms with van der Waals surface area (Å²) in [5.41, 5.74) is 6.37. The molecule has 1 aromatic rings. The van der Waals surface area contributed by atoms with Gasteiger partial charge in [0.1, 0.15) is 12.4 Å². The molecule has 0 amide bonds. The summed E-state index contributed by atoms with van der Waals surface area (Å²) in [4.78, 5) is 0. The lowest BCUT2D eigenvalue weighted by atomic mass is 10.0. The molecule has 0 fully saturated rings. The van der Waals surface area contributed by atoms with Crippen molar-refractivity contribution in [3.63, 3.8) is 0 Å². The zero-order chi connectivity index (χ0) is 39.9. The summed E-state index contributed by atoms with van der Waals surface area (Å²) < 4.78 is 61.0. The molecule has 0 radical (unpaired) electrons. The molecule has 1 aromatic carbocycles. The van der Waals surface area contributed by atoms with Crippen molar-refractivity contribution < 1.29 is 52.1 Å². The number of hydrogen-bond donors (Lipinski definition) is 1. The van der Waals surface area contributed by atoms with E-state index in [9.17, 15) is 0 Å². The minimum absolute atomic E-state index is 0.479. The Morgan fingerprint density at radius 3 is 0.804 bits per heavy atom. The first-order valence-electron chi connectivity index (χ1n) is 22.1. The molecular weight excluding hydrogens is 718 g/mol. The van der Waals surface area contributed by atoms with E-state index in [1.54, 1.807) is 12.1 Å². The molecule has 0 saturated carbocycles. The third-order valence-electron chi connectivity index (χ3n) is 8.87. The van der Waals surface area contributed by atoms with Crippen LogP contribution in [0.25, 0.3) is 0 Å². The van der Waals surface area contributed by atoms with Crippen molar-refractivity contribution in [3.8, 4) is 5.75 Å². The molecule has 0 aromatic heterocycles. The third kappa shape index (κ3) is 42.0. The van der Waals surface area contributed by atoms with E-state index in [4.69, 9.17) is 57.8 Å². The van der Waals surface area contributed by atoms with Crippen molar-refractivity contribution in [2.24, 2.45) is 0 Å². The van der Waals surface area contributed by atoms with Gasteiger partial charge in [-0.1, -0.05) is 103 Å². The van der Waals surface area contributed by atoms with Crippen LogP contribution in [0.15, 0.2) is 24.3 Å². The molecule has 0 aliphatic carbocycles. The molecule has 2 N–H and O–H groups in total. The van der Waals surface area contributed by atoms with Crippen molar-refractivity contribution in [1.29, 1.82) is 0 Å². The van der Waals surface area contributed by atoms with Gasteiger partial charge in [-0.3, -0.25) is 0 Å². The van der Waals surface area contributed by atoms with Crippen LogP contribution in [-0.4, -0.2) is 139 Å². The van der Waals surface area contributed by atoms with Crippen molar-refractivity contribution >= 4 is 5.69 Å². The van der Waals surface area contributed by atoms with Crippen LogP contribution < -0.4 is 10.5 Å². The fraction of sp³-hybridized carbons (Fsp3) is 0.864. The number of rotatable bonds is 48. The maximum Gasteiger partial charge on any atom is 0.119 e. The molecule has 12 nitrogen and oxygen atoms in total. The highest BCUT2D eigenvalue weighted by Gasteiger charge is 1.99. The smallest absolute Gasteiger partial charge is 0.119 e.